The van der Waals surface area contributed by atoms with E-state index in [4.69, 9.17) is 21.8 Å². The minimum Gasteiger partial charge on any atom is -0.478 e. The van der Waals surface area contributed by atoms with Crippen molar-refractivity contribution >= 4 is 40.9 Å². The molecule has 0 spiro atoms. The van der Waals surface area contributed by atoms with Crippen LogP contribution in [0.5, 0.6) is 0 Å². The average molecular weight is 335 g/mol. The highest BCUT2D eigenvalue weighted by Gasteiger charge is 2.13. The van der Waals surface area contributed by atoms with Crippen LogP contribution in [-0.4, -0.2) is 28.2 Å². The molecule has 2 aromatic rings. The monoisotopic (exact) mass is 334 g/mol. The quantitative estimate of drug-likeness (QED) is 0.684. The average Bonchev–Trinajstić information content (AvgIpc) is 2.46. The van der Waals surface area contributed by atoms with Crippen LogP contribution in [0.25, 0.3) is 0 Å². The number of aromatic carboxylic acids is 2. The fourth-order valence-electron chi connectivity index (χ4n) is 1.81. The predicted octanol–water partition coefficient (Wildman–Crippen LogP) is 3.38. The van der Waals surface area contributed by atoms with Gasteiger partial charge in [0.05, 0.1) is 11.1 Å². The van der Waals surface area contributed by atoms with Gasteiger partial charge >= 0.3 is 18.0 Å². The Hall–Kier alpha value is -3.06. The minimum atomic E-state index is -1.30. The van der Waals surface area contributed by atoms with Crippen molar-refractivity contribution in [2.24, 2.45) is 0 Å². The highest BCUT2D eigenvalue weighted by atomic mass is 35.5. The zero-order chi connectivity index (χ0) is 17.0. The Balaban J connectivity index is 2.20. The van der Waals surface area contributed by atoms with Gasteiger partial charge in [0.1, 0.15) is 0 Å². The molecule has 0 unspecified atom stereocenters. The largest absolute Gasteiger partial charge is 0.478 e. The molecule has 0 saturated heterocycles. The van der Waals surface area contributed by atoms with Crippen LogP contribution in [-0.2, 0) is 0 Å². The number of carboxylic acid groups (broad SMARTS) is 2. The number of urea groups is 1. The van der Waals surface area contributed by atoms with Crippen molar-refractivity contribution < 1.29 is 24.6 Å². The molecule has 2 amide bonds. The smallest absolute Gasteiger partial charge is 0.335 e. The Labute approximate surface area is 135 Å². The Kier molecular flexibility index (Phi) is 4.82. The van der Waals surface area contributed by atoms with Gasteiger partial charge in [0, 0.05) is 16.4 Å². The molecule has 2 aromatic carbocycles. The van der Waals surface area contributed by atoms with Crippen LogP contribution in [0.4, 0.5) is 16.2 Å². The lowest BCUT2D eigenvalue weighted by atomic mass is 10.1. The second-order valence-corrected chi connectivity index (χ2v) is 4.94. The van der Waals surface area contributed by atoms with Crippen molar-refractivity contribution in [1.29, 1.82) is 0 Å². The number of benzene rings is 2. The van der Waals surface area contributed by atoms with Crippen LogP contribution in [0.15, 0.2) is 42.5 Å². The lowest BCUT2D eigenvalue weighted by Crippen LogP contribution is -2.20. The molecular weight excluding hydrogens is 324 g/mol. The fourth-order valence-corrected chi connectivity index (χ4v) is 2.00. The number of nitrogens with one attached hydrogen (secondary N) is 2. The molecule has 8 heteroatoms. The summed E-state index contributed by atoms with van der Waals surface area (Å²) in [4.78, 5) is 33.9. The molecular formula is C15H11ClN2O5. The van der Waals surface area contributed by atoms with Gasteiger partial charge in [-0.1, -0.05) is 17.7 Å². The molecule has 0 aromatic heterocycles. The van der Waals surface area contributed by atoms with Crippen molar-refractivity contribution in [3.63, 3.8) is 0 Å². The van der Waals surface area contributed by atoms with Crippen LogP contribution in [0.1, 0.15) is 20.7 Å². The molecule has 0 aliphatic carbocycles. The summed E-state index contributed by atoms with van der Waals surface area (Å²) in [7, 11) is 0. The number of carbonyl (C=O) groups excluding carboxylic acids is 1. The number of rotatable bonds is 4. The maximum atomic E-state index is 11.9. The molecule has 0 radical (unpaired) electrons. The predicted molar refractivity (Wildman–Crippen MR) is 84.5 cm³/mol. The van der Waals surface area contributed by atoms with Gasteiger partial charge in [-0.15, -0.1) is 0 Å². The van der Waals surface area contributed by atoms with E-state index in [1.54, 1.807) is 18.2 Å². The lowest BCUT2D eigenvalue weighted by molar-refractivity contribution is 0.0696. The van der Waals surface area contributed by atoms with Crippen molar-refractivity contribution in [3.05, 3.63) is 58.6 Å². The Morgan fingerprint density at radius 2 is 1.39 bits per heavy atom. The third-order valence-electron chi connectivity index (χ3n) is 2.77. The summed E-state index contributed by atoms with van der Waals surface area (Å²) in [5, 5.41) is 23.3. The van der Waals surface area contributed by atoms with Crippen molar-refractivity contribution in [1.82, 2.24) is 0 Å². The zero-order valence-corrected chi connectivity index (χ0v) is 12.3. The van der Waals surface area contributed by atoms with Crippen molar-refractivity contribution in [3.8, 4) is 0 Å². The summed E-state index contributed by atoms with van der Waals surface area (Å²) in [6, 6.07) is 9.08. The molecule has 0 aliphatic heterocycles. The summed E-state index contributed by atoms with van der Waals surface area (Å²) < 4.78 is 0. The second-order valence-electron chi connectivity index (χ2n) is 4.50. The normalized spacial score (nSPS) is 9.96. The minimum absolute atomic E-state index is 0.0434. The van der Waals surface area contributed by atoms with E-state index in [1.807, 2.05) is 0 Å². The Morgan fingerprint density at radius 1 is 0.826 bits per heavy atom. The number of hydrogen-bond donors (Lipinski definition) is 4. The van der Waals surface area contributed by atoms with Gasteiger partial charge in [0.2, 0.25) is 0 Å². The topological polar surface area (TPSA) is 116 Å². The molecule has 118 valence electrons. The molecule has 0 heterocycles. The first-order chi connectivity index (χ1) is 10.8. The molecule has 2 rings (SSSR count). The van der Waals surface area contributed by atoms with Crippen LogP contribution >= 0.6 is 11.6 Å². The Morgan fingerprint density at radius 3 is 1.91 bits per heavy atom. The van der Waals surface area contributed by atoms with Gasteiger partial charge in [0.15, 0.2) is 0 Å². The highest BCUT2D eigenvalue weighted by molar-refractivity contribution is 6.30. The first kappa shape index (κ1) is 16.3. The second kappa shape index (κ2) is 6.80. The summed E-state index contributed by atoms with van der Waals surface area (Å²) >= 11 is 5.80. The maximum Gasteiger partial charge on any atom is 0.335 e. The van der Waals surface area contributed by atoms with E-state index in [1.165, 1.54) is 6.07 Å². The molecule has 23 heavy (non-hydrogen) atoms. The summed E-state index contributed by atoms with van der Waals surface area (Å²) in [5.41, 5.74) is -0.0180. The molecule has 0 saturated carbocycles. The molecule has 7 nitrogen and oxygen atoms in total. The lowest BCUT2D eigenvalue weighted by Gasteiger charge is -2.09. The standard InChI is InChI=1S/C15H11ClN2O5/c16-10-2-1-3-11(7-10)17-15(23)18-12-5-8(13(19)20)4-9(6-12)14(21)22/h1-7H,(H,19,20)(H,21,22)(H2,17,18,23). The van der Waals surface area contributed by atoms with E-state index in [-0.39, 0.29) is 16.8 Å². The van der Waals surface area contributed by atoms with Crippen LogP contribution in [0.2, 0.25) is 5.02 Å². The van der Waals surface area contributed by atoms with Gasteiger partial charge in [-0.3, -0.25) is 0 Å². The first-order valence-corrected chi connectivity index (χ1v) is 6.68. The summed E-state index contributed by atoms with van der Waals surface area (Å²) in [6.45, 7) is 0. The molecule has 4 N–H and O–H groups in total. The number of carbonyl (C=O) groups is 3. The number of hydrogen-bond acceptors (Lipinski definition) is 3. The van der Waals surface area contributed by atoms with Gasteiger partial charge in [-0.05, 0) is 36.4 Å². The summed E-state index contributed by atoms with van der Waals surface area (Å²) in [5.74, 6) is -2.60. The maximum absolute atomic E-state index is 11.9. The third kappa shape index (κ3) is 4.45. The van der Waals surface area contributed by atoms with Crippen LogP contribution in [0, 0.1) is 0 Å². The van der Waals surface area contributed by atoms with E-state index < -0.39 is 18.0 Å². The van der Waals surface area contributed by atoms with Gasteiger partial charge in [-0.25, -0.2) is 14.4 Å². The van der Waals surface area contributed by atoms with Crippen LogP contribution < -0.4 is 10.6 Å². The van der Waals surface area contributed by atoms with E-state index in [2.05, 4.69) is 10.6 Å². The zero-order valence-electron chi connectivity index (χ0n) is 11.5. The van der Waals surface area contributed by atoms with Gasteiger partial charge in [-0.2, -0.15) is 0 Å². The number of amides is 2. The number of anilines is 2. The molecule has 0 bridgehead atoms. The summed E-state index contributed by atoms with van der Waals surface area (Å²) in [6.07, 6.45) is 0. The van der Waals surface area contributed by atoms with Gasteiger partial charge < -0.3 is 20.8 Å². The van der Waals surface area contributed by atoms with Crippen molar-refractivity contribution in [2.75, 3.05) is 10.6 Å². The number of halogens is 1. The SMILES string of the molecule is O=C(Nc1cccc(Cl)c1)Nc1cc(C(=O)O)cc(C(=O)O)c1. The molecule has 0 fully saturated rings. The third-order valence-corrected chi connectivity index (χ3v) is 3.00. The van der Waals surface area contributed by atoms with E-state index in [9.17, 15) is 14.4 Å². The first-order valence-electron chi connectivity index (χ1n) is 6.30. The molecule has 0 atom stereocenters. The highest BCUT2D eigenvalue weighted by Crippen LogP contribution is 2.18. The van der Waals surface area contributed by atoms with E-state index in [0.717, 1.165) is 18.2 Å². The van der Waals surface area contributed by atoms with Crippen LogP contribution in [0.3, 0.4) is 0 Å². The number of carboxylic acids is 2. The fraction of sp³-hybridized carbons (Fsp3) is 0. The van der Waals surface area contributed by atoms with E-state index in [0.29, 0.717) is 10.7 Å². The van der Waals surface area contributed by atoms with E-state index >= 15 is 0 Å². The van der Waals surface area contributed by atoms with Gasteiger partial charge in [0.25, 0.3) is 0 Å². The molecule has 0 aliphatic rings. The van der Waals surface area contributed by atoms with Crippen molar-refractivity contribution in [2.45, 2.75) is 0 Å². The Bertz CT molecular complexity index is 759.